The summed E-state index contributed by atoms with van der Waals surface area (Å²) < 4.78 is 7.04. The first-order valence-electron chi connectivity index (χ1n) is 7.62. The number of rotatable bonds is 6. The number of hydrogen-bond donors (Lipinski definition) is 0. The molecule has 0 bridgehead atoms. The fourth-order valence-electron chi connectivity index (χ4n) is 3.12. The molecule has 20 heavy (non-hydrogen) atoms. The summed E-state index contributed by atoms with van der Waals surface area (Å²) in [6.45, 7) is 10.5. The summed E-state index contributed by atoms with van der Waals surface area (Å²) in [5.41, 5.74) is 0. The van der Waals surface area contributed by atoms with Crippen LogP contribution in [-0.2, 0) is 11.3 Å². The predicted octanol–water partition coefficient (Wildman–Crippen LogP) is 1.75. The van der Waals surface area contributed by atoms with Crippen molar-refractivity contribution in [1.82, 2.24) is 25.1 Å². The van der Waals surface area contributed by atoms with Gasteiger partial charge in [0.1, 0.15) is 0 Å². The SMILES string of the molecule is COCCn1nnnc1[C@@H](C(C)C)N1CCC[C@H](C)C1. The molecular formula is C14H27N5O. The molecular weight excluding hydrogens is 254 g/mol. The Labute approximate surface area is 121 Å². The van der Waals surface area contributed by atoms with Crippen LogP contribution in [-0.4, -0.2) is 51.9 Å². The molecule has 0 spiro atoms. The third kappa shape index (κ3) is 3.55. The smallest absolute Gasteiger partial charge is 0.168 e. The average molecular weight is 281 g/mol. The van der Waals surface area contributed by atoms with Crippen LogP contribution in [0, 0.1) is 11.8 Å². The molecule has 6 heteroatoms. The van der Waals surface area contributed by atoms with E-state index >= 15 is 0 Å². The normalized spacial score (nSPS) is 22.4. The van der Waals surface area contributed by atoms with Crippen LogP contribution in [0.2, 0.25) is 0 Å². The Morgan fingerprint density at radius 2 is 2.20 bits per heavy atom. The molecule has 0 unspecified atom stereocenters. The largest absolute Gasteiger partial charge is 0.383 e. The molecule has 2 heterocycles. The van der Waals surface area contributed by atoms with E-state index in [9.17, 15) is 0 Å². The molecule has 0 aliphatic carbocycles. The van der Waals surface area contributed by atoms with Gasteiger partial charge in [-0.3, -0.25) is 4.90 Å². The summed E-state index contributed by atoms with van der Waals surface area (Å²) in [5.74, 6) is 2.23. The maximum absolute atomic E-state index is 5.14. The van der Waals surface area contributed by atoms with Gasteiger partial charge in [-0.25, -0.2) is 4.68 Å². The number of ether oxygens (including phenoxy) is 1. The van der Waals surface area contributed by atoms with Gasteiger partial charge in [-0.15, -0.1) is 5.10 Å². The first-order valence-corrected chi connectivity index (χ1v) is 7.62. The highest BCUT2D eigenvalue weighted by molar-refractivity contribution is 4.96. The average Bonchev–Trinajstić information content (AvgIpc) is 2.84. The van der Waals surface area contributed by atoms with E-state index in [-0.39, 0.29) is 0 Å². The van der Waals surface area contributed by atoms with Gasteiger partial charge in [0.25, 0.3) is 0 Å². The van der Waals surface area contributed by atoms with Crippen LogP contribution in [0.5, 0.6) is 0 Å². The topological polar surface area (TPSA) is 56.1 Å². The van der Waals surface area contributed by atoms with E-state index in [1.165, 1.54) is 12.8 Å². The van der Waals surface area contributed by atoms with Crippen molar-refractivity contribution < 1.29 is 4.74 Å². The quantitative estimate of drug-likeness (QED) is 0.795. The number of tetrazole rings is 1. The molecule has 114 valence electrons. The number of piperidine rings is 1. The fraction of sp³-hybridized carbons (Fsp3) is 0.929. The van der Waals surface area contributed by atoms with E-state index in [2.05, 4.69) is 41.2 Å². The lowest BCUT2D eigenvalue weighted by Crippen LogP contribution is -2.40. The van der Waals surface area contributed by atoms with Crippen LogP contribution in [0.25, 0.3) is 0 Å². The summed E-state index contributed by atoms with van der Waals surface area (Å²) in [6, 6.07) is 0.296. The van der Waals surface area contributed by atoms with Crippen molar-refractivity contribution in [1.29, 1.82) is 0 Å². The standard InChI is InChI=1S/C14H27N5O/c1-11(2)13(18-7-5-6-12(3)10-18)14-15-16-17-19(14)8-9-20-4/h11-13H,5-10H2,1-4H3/t12-,13+/m0/s1. The minimum Gasteiger partial charge on any atom is -0.383 e. The maximum atomic E-state index is 5.14. The van der Waals surface area contributed by atoms with E-state index in [1.54, 1.807) is 7.11 Å². The molecule has 1 aromatic rings. The van der Waals surface area contributed by atoms with E-state index in [0.29, 0.717) is 25.1 Å². The van der Waals surface area contributed by atoms with Crippen LogP contribution >= 0.6 is 0 Å². The molecule has 1 fully saturated rings. The Balaban J connectivity index is 2.17. The van der Waals surface area contributed by atoms with Gasteiger partial charge in [-0.05, 0) is 41.6 Å². The Morgan fingerprint density at radius 3 is 2.85 bits per heavy atom. The van der Waals surface area contributed by atoms with Gasteiger partial charge in [0.15, 0.2) is 5.82 Å². The predicted molar refractivity (Wildman–Crippen MR) is 77.2 cm³/mol. The molecule has 2 atom stereocenters. The lowest BCUT2D eigenvalue weighted by atomic mass is 9.94. The van der Waals surface area contributed by atoms with Gasteiger partial charge in [0.2, 0.25) is 0 Å². The molecule has 0 N–H and O–H groups in total. The highest BCUT2D eigenvalue weighted by Crippen LogP contribution is 2.30. The summed E-state index contributed by atoms with van der Waals surface area (Å²) in [5, 5.41) is 12.3. The number of methoxy groups -OCH3 is 1. The van der Waals surface area contributed by atoms with Crippen LogP contribution in [0.4, 0.5) is 0 Å². The molecule has 1 saturated heterocycles. The minimum atomic E-state index is 0.296. The van der Waals surface area contributed by atoms with Crippen molar-refractivity contribution in [2.24, 2.45) is 11.8 Å². The van der Waals surface area contributed by atoms with Gasteiger partial charge >= 0.3 is 0 Å². The molecule has 0 aromatic carbocycles. The van der Waals surface area contributed by atoms with Crippen molar-refractivity contribution in [3.63, 3.8) is 0 Å². The van der Waals surface area contributed by atoms with Gasteiger partial charge in [0, 0.05) is 13.7 Å². The molecule has 0 radical (unpaired) electrons. The van der Waals surface area contributed by atoms with Gasteiger partial charge in [-0.2, -0.15) is 0 Å². The third-order valence-electron chi connectivity index (χ3n) is 4.04. The molecule has 0 saturated carbocycles. The molecule has 6 nitrogen and oxygen atoms in total. The maximum Gasteiger partial charge on any atom is 0.168 e. The Kier molecular flexibility index (Phi) is 5.48. The van der Waals surface area contributed by atoms with E-state index in [4.69, 9.17) is 4.74 Å². The number of nitrogens with zero attached hydrogens (tertiary/aromatic N) is 5. The fourth-order valence-corrected chi connectivity index (χ4v) is 3.12. The second-order valence-corrected chi connectivity index (χ2v) is 6.18. The third-order valence-corrected chi connectivity index (χ3v) is 4.04. The Morgan fingerprint density at radius 1 is 1.40 bits per heavy atom. The lowest BCUT2D eigenvalue weighted by Gasteiger charge is -2.38. The van der Waals surface area contributed by atoms with Gasteiger partial charge in [0.05, 0.1) is 19.2 Å². The number of aromatic nitrogens is 4. The zero-order chi connectivity index (χ0) is 14.5. The van der Waals surface area contributed by atoms with E-state index < -0.39 is 0 Å². The van der Waals surface area contributed by atoms with Crippen molar-refractivity contribution in [3.05, 3.63) is 5.82 Å². The first-order chi connectivity index (χ1) is 9.63. The molecule has 2 rings (SSSR count). The van der Waals surface area contributed by atoms with Crippen molar-refractivity contribution in [2.45, 2.75) is 46.2 Å². The number of likely N-dealkylation sites (tertiary alicyclic amines) is 1. The molecule has 1 aromatic heterocycles. The second kappa shape index (κ2) is 7.13. The zero-order valence-electron chi connectivity index (χ0n) is 13.1. The summed E-state index contributed by atoms with van der Waals surface area (Å²) in [4.78, 5) is 2.55. The van der Waals surface area contributed by atoms with Crippen molar-refractivity contribution in [3.8, 4) is 0 Å². The molecule has 1 aliphatic heterocycles. The van der Waals surface area contributed by atoms with Crippen LogP contribution in [0.15, 0.2) is 0 Å². The summed E-state index contributed by atoms with van der Waals surface area (Å²) in [6.07, 6.45) is 2.60. The summed E-state index contributed by atoms with van der Waals surface area (Å²) >= 11 is 0. The molecule has 0 amide bonds. The second-order valence-electron chi connectivity index (χ2n) is 6.18. The zero-order valence-corrected chi connectivity index (χ0v) is 13.1. The lowest BCUT2D eigenvalue weighted by molar-refractivity contribution is 0.0903. The Hall–Kier alpha value is -1.01. The highest BCUT2D eigenvalue weighted by atomic mass is 16.5. The minimum absolute atomic E-state index is 0.296. The first kappa shape index (κ1) is 15.4. The van der Waals surface area contributed by atoms with Crippen LogP contribution < -0.4 is 0 Å². The number of hydrogen-bond acceptors (Lipinski definition) is 5. The van der Waals surface area contributed by atoms with Crippen LogP contribution in [0.3, 0.4) is 0 Å². The van der Waals surface area contributed by atoms with E-state index in [1.807, 2.05) is 4.68 Å². The van der Waals surface area contributed by atoms with Gasteiger partial charge in [-0.1, -0.05) is 20.8 Å². The monoisotopic (exact) mass is 281 g/mol. The molecule has 1 aliphatic rings. The van der Waals surface area contributed by atoms with E-state index in [0.717, 1.165) is 24.8 Å². The Bertz CT molecular complexity index is 406. The highest BCUT2D eigenvalue weighted by Gasteiger charge is 2.31. The van der Waals surface area contributed by atoms with Crippen molar-refractivity contribution >= 4 is 0 Å². The van der Waals surface area contributed by atoms with Crippen molar-refractivity contribution in [2.75, 3.05) is 26.8 Å². The van der Waals surface area contributed by atoms with Gasteiger partial charge < -0.3 is 4.74 Å². The van der Waals surface area contributed by atoms with Crippen LogP contribution in [0.1, 0.15) is 45.5 Å². The summed E-state index contributed by atoms with van der Waals surface area (Å²) in [7, 11) is 1.70.